The molecule has 17 heavy (non-hydrogen) atoms. The molecule has 0 N–H and O–H groups in total. The lowest BCUT2D eigenvalue weighted by Crippen LogP contribution is -1.96. The second-order valence-corrected chi connectivity index (χ2v) is 5.99. The second kappa shape index (κ2) is 5.46. The summed E-state index contributed by atoms with van der Waals surface area (Å²) in [6, 6.07) is 7.89. The van der Waals surface area contributed by atoms with E-state index in [0.29, 0.717) is 0 Å². The van der Waals surface area contributed by atoms with Crippen molar-refractivity contribution in [2.45, 2.75) is 17.6 Å². The zero-order valence-corrected chi connectivity index (χ0v) is 12.7. The van der Waals surface area contributed by atoms with E-state index in [1.165, 1.54) is 10.6 Å². The molecule has 1 aromatic carbocycles. The first kappa shape index (κ1) is 13.0. The molecule has 0 fully saturated rings. The third kappa shape index (κ3) is 3.06. The van der Waals surface area contributed by atoms with Gasteiger partial charge in [0.25, 0.3) is 0 Å². The van der Waals surface area contributed by atoms with Crippen LogP contribution in [0.25, 0.3) is 0 Å². The van der Waals surface area contributed by atoms with Crippen LogP contribution in [0.3, 0.4) is 0 Å². The van der Waals surface area contributed by atoms with Crippen molar-refractivity contribution >= 4 is 39.3 Å². The molecule has 2 nitrogen and oxygen atoms in total. The zero-order chi connectivity index (χ0) is 12.4. The SMILES string of the molecule is Cc1nn(C)c(CSc2cccc(Cl)c2)c1Br. The summed E-state index contributed by atoms with van der Waals surface area (Å²) < 4.78 is 3.01. The van der Waals surface area contributed by atoms with Gasteiger partial charge in [0.1, 0.15) is 0 Å². The normalized spacial score (nSPS) is 10.8. The van der Waals surface area contributed by atoms with E-state index in [0.717, 1.165) is 20.9 Å². The van der Waals surface area contributed by atoms with Gasteiger partial charge in [0, 0.05) is 22.7 Å². The molecule has 0 saturated carbocycles. The van der Waals surface area contributed by atoms with E-state index in [9.17, 15) is 0 Å². The van der Waals surface area contributed by atoms with Crippen LogP contribution < -0.4 is 0 Å². The minimum absolute atomic E-state index is 0.773. The lowest BCUT2D eigenvalue weighted by molar-refractivity contribution is 0.727. The number of aromatic nitrogens is 2. The van der Waals surface area contributed by atoms with Gasteiger partial charge in [-0.15, -0.1) is 11.8 Å². The molecule has 0 aliphatic heterocycles. The summed E-state index contributed by atoms with van der Waals surface area (Å²) in [4.78, 5) is 1.17. The van der Waals surface area contributed by atoms with Crippen molar-refractivity contribution in [2.24, 2.45) is 7.05 Å². The Balaban J connectivity index is 2.12. The van der Waals surface area contributed by atoms with Gasteiger partial charge in [-0.05, 0) is 41.1 Å². The fourth-order valence-corrected chi connectivity index (χ4v) is 3.48. The van der Waals surface area contributed by atoms with E-state index < -0.39 is 0 Å². The molecule has 0 amide bonds. The molecule has 0 aliphatic rings. The summed E-state index contributed by atoms with van der Waals surface area (Å²) >= 11 is 11.3. The van der Waals surface area contributed by atoms with Gasteiger partial charge in [-0.1, -0.05) is 17.7 Å². The Bertz CT molecular complexity index is 539. The van der Waals surface area contributed by atoms with Gasteiger partial charge in [0.05, 0.1) is 15.9 Å². The van der Waals surface area contributed by atoms with E-state index in [4.69, 9.17) is 11.6 Å². The largest absolute Gasteiger partial charge is 0.270 e. The first-order valence-electron chi connectivity index (χ1n) is 5.14. The van der Waals surface area contributed by atoms with Crippen LogP contribution in [0.1, 0.15) is 11.4 Å². The number of nitrogens with zero attached hydrogens (tertiary/aromatic N) is 2. The van der Waals surface area contributed by atoms with Crippen molar-refractivity contribution in [3.8, 4) is 0 Å². The molecule has 1 heterocycles. The number of halogens is 2. The summed E-state index contributed by atoms with van der Waals surface area (Å²) in [6.07, 6.45) is 0. The van der Waals surface area contributed by atoms with Crippen molar-refractivity contribution in [1.82, 2.24) is 9.78 Å². The minimum Gasteiger partial charge on any atom is -0.270 e. The molecule has 90 valence electrons. The highest BCUT2D eigenvalue weighted by Crippen LogP contribution is 2.29. The van der Waals surface area contributed by atoms with Gasteiger partial charge < -0.3 is 0 Å². The van der Waals surface area contributed by atoms with Crippen molar-refractivity contribution in [2.75, 3.05) is 0 Å². The molecule has 5 heteroatoms. The third-order valence-corrected chi connectivity index (χ3v) is 4.70. The number of hydrogen-bond acceptors (Lipinski definition) is 2. The Morgan fingerprint density at radius 3 is 2.82 bits per heavy atom. The molecule has 0 aliphatic carbocycles. The van der Waals surface area contributed by atoms with Crippen LogP contribution in [0.15, 0.2) is 33.6 Å². The van der Waals surface area contributed by atoms with Crippen LogP contribution in [-0.4, -0.2) is 9.78 Å². The zero-order valence-electron chi connectivity index (χ0n) is 9.58. The molecule has 0 unspecified atom stereocenters. The summed E-state index contributed by atoms with van der Waals surface area (Å²) in [5.74, 6) is 0.873. The van der Waals surface area contributed by atoms with E-state index in [2.05, 4.69) is 27.1 Å². The predicted octanol–water partition coefficient (Wildman–Crippen LogP) is 4.44. The summed E-state index contributed by atoms with van der Waals surface area (Å²) in [7, 11) is 1.96. The number of rotatable bonds is 3. The van der Waals surface area contributed by atoms with E-state index in [1.54, 1.807) is 11.8 Å². The van der Waals surface area contributed by atoms with Crippen molar-refractivity contribution in [1.29, 1.82) is 0 Å². The predicted molar refractivity (Wildman–Crippen MR) is 76.7 cm³/mol. The van der Waals surface area contributed by atoms with Crippen molar-refractivity contribution < 1.29 is 0 Å². The average Bonchev–Trinajstić information content (AvgIpc) is 2.51. The number of aryl methyl sites for hydroxylation is 2. The maximum absolute atomic E-state index is 5.95. The fraction of sp³-hybridized carbons (Fsp3) is 0.250. The van der Waals surface area contributed by atoms with Gasteiger partial charge >= 0.3 is 0 Å². The Labute approximate surface area is 118 Å². The lowest BCUT2D eigenvalue weighted by Gasteiger charge is -2.03. The van der Waals surface area contributed by atoms with E-state index in [1.807, 2.05) is 36.9 Å². The number of thioether (sulfide) groups is 1. The maximum atomic E-state index is 5.95. The molecule has 0 saturated heterocycles. The van der Waals surface area contributed by atoms with Crippen LogP contribution in [0.5, 0.6) is 0 Å². The molecule has 2 rings (SSSR count). The minimum atomic E-state index is 0.773. The fourth-order valence-electron chi connectivity index (χ4n) is 1.55. The highest BCUT2D eigenvalue weighted by Gasteiger charge is 2.10. The maximum Gasteiger partial charge on any atom is 0.0738 e. The average molecular weight is 332 g/mol. The lowest BCUT2D eigenvalue weighted by atomic mass is 10.4. The summed E-state index contributed by atoms with van der Waals surface area (Å²) in [6.45, 7) is 2.00. The van der Waals surface area contributed by atoms with E-state index >= 15 is 0 Å². The van der Waals surface area contributed by atoms with Gasteiger partial charge in [-0.25, -0.2) is 0 Å². The van der Waals surface area contributed by atoms with Gasteiger partial charge in [0.15, 0.2) is 0 Å². The third-order valence-electron chi connectivity index (χ3n) is 2.43. The van der Waals surface area contributed by atoms with Gasteiger partial charge in [0.2, 0.25) is 0 Å². The molecule has 2 aromatic rings. The second-order valence-electron chi connectivity index (χ2n) is 3.72. The van der Waals surface area contributed by atoms with Crippen LogP contribution in [0.4, 0.5) is 0 Å². The standard InChI is InChI=1S/C12H12BrClN2S/c1-8-12(13)11(16(2)15-8)7-17-10-5-3-4-9(14)6-10/h3-6H,7H2,1-2H3. The number of hydrogen-bond donors (Lipinski definition) is 0. The van der Waals surface area contributed by atoms with Gasteiger partial charge in [-0.3, -0.25) is 4.68 Å². The van der Waals surface area contributed by atoms with Crippen LogP contribution in [0.2, 0.25) is 5.02 Å². The summed E-state index contributed by atoms with van der Waals surface area (Å²) in [5.41, 5.74) is 2.21. The molecule has 1 aromatic heterocycles. The molecule has 0 atom stereocenters. The Morgan fingerprint density at radius 1 is 1.47 bits per heavy atom. The van der Waals surface area contributed by atoms with Gasteiger partial charge in [-0.2, -0.15) is 5.10 Å². The molecule has 0 radical (unpaired) electrons. The van der Waals surface area contributed by atoms with Crippen molar-refractivity contribution in [3.63, 3.8) is 0 Å². The first-order chi connectivity index (χ1) is 8.08. The van der Waals surface area contributed by atoms with Crippen molar-refractivity contribution in [3.05, 3.63) is 45.1 Å². The monoisotopic (exact) mass is 330 g/mol. The Kier molecular flexibility index (Phi) is 4.17. The number of benzene rings is 1. The van der Waals surface area contributed by atoms with Crippen LogP contribution in [-0.2, 0) is 12.8 Å². The Morgan fingerprint density at radius 2 is 2.24 bits per heavy atom. The van der Waals surface area contributed by atoms with Crippen LogP contribution >= 0.6 is 39.3 Å². The smallest absolute Gasteiger partial charge is 0.0738 e. The first-order valence-corrected chi connectivity index (χ1v) is 7.30. The van der Waals surface area contributed by atoms with Crippen LogP contribution in [0, 0.1) is 6.92 Å². The molecule has 0 spiro atoms. The summed E-state index contributed by atoms with van der Waals surface area (Å²) in [5, 5.41) is 5.14. The topological polar surface area (TPSA) is 17.8 Å². The quantitative estimate of drug-likeness (QED) is 0.774. The Hall–Kier alpha value is -0.450. The molecular formula is C12H12BrClN2S. The highest BCUT2D eigenvalue weighted by molar-refractivity contribution is 9.10. The molecule has 0 bridgehead atoms. The highest BCUT2D eigenvalue weighted by atomic mass is 79.9. The van der Waals surface area contributed by atoms with E-state index in [-0.39, 0.29) is 0 Å². The molecular weight excluding hydrogens is 320 g/mol.